The third kappa shape index (κ3) is 6.41. The molecule has 1 fully saturated rings. The van der Waals surface area contributed by atoms with Crippen LogP contribution in [0.1, 0.15) is 30.4 Å². The van der Waals surface area contributed by atoms with Crippen molar-refractivity contribution in [3.63, 3.8) is 0 Å². The zero-order chi connectivity index (χ0) is 24.7. The van der Waals surface area contributed by atoms with Crippen molar-refractivity contribution in [2.24, 2.45) is 0 Å². The topological polar surface area (TPSA) is 84.9 Å². The summed E-state index contributed by atoms with van der Waals surface area (Å²) in [5, 5.41) is 2.88. The number of hydrogen-bond donors (Lipinski definition) is 1. The van der Waals surface area contributed by atoms with Gasteiger partial charge in [0.15, 0.2) is 0 Å². The van der Waals surface area contributed by atoms with Gasteiger partial charge in [0.05, 0.1) is 12.0 Å². The van der Waals surface area contributed by atoms with Crippen LogP contribution >= 0.6 is 0 Å². The summed E-state index contributed by atoms with van der Waals surface area (Å²) in [5.74, 6) is 1.11. The Hall–Kier alpha value is -3.36. The van der Waals surface area contributed by atoms with Gasteiger partial charge in [0.2, 0.25) is 15.9 Å². The molecule has 0 aromatic heterocycles. The van der Waals surface area contributed by atoms with E-state index >= 15 is 0 Å². The lowest BCUT2D eigenvalue weighted by Gasteiger charge is -2.17. The number of sulfonamides is 1. The van der Waals surface area contributed by atoms with Gasteiger partial charge >= 0.3 is 0 Å². The van der Waals surface area contributed by atoms with Crippen LogP contribution in [0.3, 0.4) is 0 Å². The van der Waals surface area contributed by atoms with Crippen molar-refractivity contribution in [2.75, 3.05) is 25.5 Å². The highest BCUT2D eigenvalue weighted by molar-refractivity contribution is 7.89. The molecule has 0 saturated carbocycles. The fraction of sp³-hybridized carbons (Fsp3) is 0.296. The predicted molar refractivity (Wildman–Crippen MR) is 135 cm³/mol. The molecule has 1 aliphatic heterocycles. The van der Waals surface area contributed by atoms with Crippen LogP contribution in [0.15, 0.2) is 77.7 Å². The smallest absolute Gasteiger partial charge is 0.243 e. The Bertz CT molecular complexity index is 1240. The number of nitrogens with zero attached hydrogens (tertiary/aromatic N) is 1. The molecule has 184 valence electrons. The number of ether oxygens (including phenoxy) is 2. The highest BCUT2D eigenvalue weighted by Crippen LogP contribution is 2.27. The van der Waals surface area contributed by atoms with Crippen LogP contribution in [0.5, 0.6) is 11.5 Å². The van der Waals surface area contributed by atoms with Crippen molar-refractivity contribution in [2.45, 2.75) is 37.2 Å². The summed E-state index contributed by atoms with van der Waals surface area (Å²) in [6.07, 6.45) is 2.30. The molecular formula is C27H30N2O5S. The number of aryl methyl sites for hydroxylation is 1. The second-order valence-corrected chi connectivity index (χ2v) is 10.4. The molecule has 1 amide bonds. The fourth-order valence-corrected chi connectivity index (χ4v) is 5.60. The van der Waals surface area contributed by atoms with E-state index in [1.165, 1.54) is 11.4 Å². The number of carbonyl (C=O) groups excluding carboxylic acids is 1. The first kappa shape index (κ1) is 24.8. The molecular weight excluding hydrogens is 464 g/mol. The number of methoxy groups -OCH3 is 1. The largest absolute Gasteiger partial charge is 0.496 e. The number of rotatable bonds is 10. The highest BCUT2D eigenvalue weighted by atomic mass is 32.2. The highest BCUT2D eigenvalue weighted by Gasteiger charge is 2.27. The molecule has 0 spiro atoms. The Kier molecular flexibility index (Phi) is 8.05. The molecule has 1 saturated heterocycles. The van der Waals surface area contributed by atoms with Crippen molar-refractivity contribution >= 4 is 21.6 Å². The van der Waals surface area contributed by atoms with Crippen LogP contribution in [0.4, 0.5) is 5.69 Å². The first-order chi connectivity index (χ1) is 17.0. The summed E-state index contributed by atoms with van der Waals surface area (Å²) in [7, 11) is -2.00. The first-order valence-corrected chi connectivity index (χ1v) is 13.1. The molecule has 35 heavy (non-hydrogen) atoms. The summed E-state index contributed by atoms with van der Waals surface area (Å²) >= 11 is 0. The van der Waals surface area contributed by atoms with E-state index in [0.29, 0.717) is 48.9 Å². The SMILES string of the molecule is COc1ccc(S(=O)(=O)N2CCCC2)cc1CCC(=O)Nc1ccc(OCc2ccccc2)cc1. The standard InChI is InChI=1S/C27H30N2O5S/c1-33-26-15-14-25(35(31,32)29-17-5-6-18-29)19-22(26)9-16-27(30)28-23-10-12-24(13-11-23)34-20-21-7-3-2-4-8-21/h2-4,7-8,10-15,19H,5-6,9,16-18,20H2,1H3,(H,28,30). The Morgan fingerprint density at radius 1 is 0.971 bits per heavy atom. The average molecular weight is 495 g/mol. The number of benzene rings is 3. The molecule has 0 atom stereocenters. The van der Waals surface area contributed by atoms with E-state index in [4.69, 9.17) is 9.47 Å². The third-order valence-electron chi connectivity index (χ3n) is 5.96. The van der Waals surface area contributed by atoms with Crippen LogP contribution in [-0.4, -0.2) is 38.8 Å². The second-order valence-electron chi connectivity index (χ2n) is 8.43. The van der Waals surface area contributed by atoms with Gasteiger partial charge < -0.3 is 14.8 Å². The molecule has 0 aliphatic carbocycles. The number of hydrogen-bond acceptors (Lipinski definition) is 5. The lowest BCUT2D eigenvalue weighted by Crippen LogP contribution is -2.28. The Morgan fingerprint density at radius 2 is 1.69 bits per heavy atom. The number of carbonyl (C=O) groups is 1. The van der Waals surface area contributed by atoms with Gasteiger partial charge in [-0.1, -0.05) is 30.3 Å². The summed E-state index contributed by atoms with van der Waals surface area (Å²) in [4.78, 5) is 12.8. The van der Waals surface area contributed by atoms with E-state index in [1.807, 2.05) is 42.5 Å². The van der Waals surface area contributed by atoms with E-state index in [0.717, 1.165) is 18.4 Å². The van der Waals surface area contributed by atoms with Crippen LogP contribution in [-0.2, 0) is 27.8 Å². The predicted octanol–water partition coefficient (Wildman–Crippen LogP) is 4.63. The zero-order valence-electron chi connectivity index (χ0n) is 19.8. The van der Waals surface area contributed by atoms with Gasteiger partial charge in [0.1, 0.15) is 18.1 Å². The Labute approximate surface area is 206 Å². The fourth-order valence-electron chi connectivity index (χ4n) is 4.04. The maximum atomic E-state index is 12.9. The third-order valence-corrected chi connectivity index (χ3v) is 7.86. The lowest BCUT2D eigenvalue weighted by atomic mass is 10.1. The van der Waals surface area contributed by atoms with Gasteiger partial charge in [-0.15, -0.1) is 0 Å². The molecule has 0 unspecified atom stereocenters. The van der Waals surface area contributed by atoms with Crippen molar-refractivity contribution in [3.05, 3.63) is 83.9 Å². The minimum atomic E-state index is -3.53. The normalized spacial score (nSPS) is 14.0. The number of nitrogens with one attached hydrogen (secondary N) is 1. The summed E-state index contributed by atoms with van der Waals surface area (Å²) in [6, 6.07) is 22.0. The Balaban J connectivity index is 1.34. The molecule has 3 aromatic rings. The first-order valence-electron chi connectivity index (χ1n) is 11.7. The van der Waals surface area contributed by atoms with Crippen molar-refractivity contribution < 1.29 is 22.7 Å². The van der Waals surface area contributed by atoms with Crippen LogP contribution in [0.25, 0.3) is 0 Å². The van der Waals surface area contributed by atoms with Crippen LogP contribution in [0.2, 0.25) is 0 Å². The van der Waals surface area contributed by atoms with Gasteiger partial charge in [-0.3, -0.25) is 4.79 Å². The average Bonchev–Trinajstić information content (AvgIpc) is 3.44. The van der Waals surface area contributed by atoms with Gasteiger partial charge in [-0.2, -0.15) is 4.31 Å². The van der Waals surface area contributed by atoms with E-state index in [2.05, 4.69) is 5.32 Å². The van der Waals surface area contributed by atoms with Crippen molar-refractivity contribution in [1.82, 2.24) is 4.31 Å². The molecule has 0 bridgehead atoms. The number of anilines is 1. The van der Waals surface area contributed by atoms with Gasteiger partial charge in [0, 0.05) is 25.2 Å². The van der Waals surface area contributed by atoms with E-state index in [9.17, 15) is 13.2 Å². The minimum Gasteiger partial charge on any atom is -0.496 e. The summed E-state index contributed by atoms with van der Waals surface area (Å²) < 4.78 is 38.5. The van der Waals surface area contributed by atoms with E-state index < -0.39 is 10.0 Å². The maximum Gasteiger partial charge on any atom is 0.243 e. The second kappa shape index (κ2) is 11.4. The van der Waals surface area contributed by atoms with E-state index in [1.54, 1.807) is 30.3 Å². The maximum absolute atomic E-state index is 12.9. The molecule has 1 heterocycles. The van der Waals surface area contributed by atoms with Gasteiger partial charge in [-0.05, 0) is 72.9 Å². The van der Waals surface area contributed by atoms with Gasteiger partial charge in [-0.25, -0.2) is 8.42 Å². The molecule has 1 N–H and O–H groups in total. The van der Waals surface area contributed by atoms with Gasteiger partial charge in [0.25, 0.3) is 0 Å². The molecule has 0 radical (unpaired) electrons. The monoisotopic (exact) mass is 494 g/mol. The van der Waals surface area contributed by atoms with Crippen molar-refractivity contribution in [3.8, 4) is 11.5 Å². The quantitative estimate of drug-likeness (QED) is 0.444. The molecule has 3 aromatic carbocycles. The summed E-state index contributed by atoms with van der Waals surface area (Å²) in [5.41, 5.74) is 2.43. The summed E-state index contributed by atoms with van der Waals surface area (Å²) in [6.45, 7) is 1.56. The minimum absolute atomic E-state index is 0.169. The van der Waals surface area contributed by atoms with Crippen molar-refractivity contribution in [1.29, 1.82) is 0 Å². The van der Waals surface area contributed by atoms with Crippen LogP contribution < -0.4 is 14.8 Å². The lowest BCUT2D eigenvalue weighted by molar-refractivity contribution is -0.116. The molecule has 8 heteroatoms. The van der Waals surface area contributed by atoms with Crippen LogP contribution in [0, 0.1) is 0 Å². The molecule has 1 aliphatic rings. The Morgan fingerprint density at radius 3 is 2.37 bits per heavy atom. The number of amides is 1. The van der Waals surface area contributed by atoms with E-state index in [-0.39, 0.29) is 17.2 Å². The molecule has 4 rings (SSSR count). The molecule has 7 nitrogen and oxygen atoms in total. The zero-order valence-corrected chi connectivity index (χ0v) is 20.6.